The maximum atomic E-state index is 5.04. The van der Waals surface area contributed by atoms with Crippen LogP contribution < -0.4 is 4.72 Å². The van der Waals surface area contributed by atoms with E-state index in [1.54, 1.807) is 67.5 Å². The number of nitrogens with zero attached hydrogens (tertiary/aromatic N) is 3. The van der Waals surface area contributed by atoms with Crippen molar-refractivity contribution in [1.82, 2.24) is 19.7 Å². The molecule has 1 N–H and O–H groups in total. The lowest BCUT2D eigenvalue weighted by molar-refractivity contribution is 0.535. The second-order valence-electron chi connectivity index (χ2n) is 8.83. The minimum absolute atomic E-state index is 0.0228. The number of thiazole rings is 3. The van der Waals surface area contributed by atoms with Crippen LogP contribution in [0.1, 0.15) is 20.8 Å². The van der Waals surface area contributed by atoms with Crippen molar-refractivity contribution in [2.75, 3.05) is 0 Å². The van der Waals surface area contributed by atoms with E-state index in [2.05, 4.69) is 80.1 Å². The second kappa shape index (κ2) is 9.66. The summed E-state index contributed by atoms with van der Waals surface area (Å²) >= 11 is 6.78. The topological polar surface area (TPSA) is 50.7 Å². The predicted molar refractivity (Wildman–Crippen MR) is 158 cm³/mol. The van der Waals surface area contributed by atoms with Crippen LogP contribution in [0.5, 0.6) is 0 Å². The molecule has 3 aromatic carbocycles. The molecule has 6 aromatic rings. The van der Waals surface area contributed by atoms with E-state index in [1.807, 2.05) is 6.07 Å². The number of hydrogen-bond acceptors (Lipinski definition) is 10. The van der Waals surface area contributed by atoms with Crippen molar-refractivity contribution < 1.29 is 0 Å². The van der Waals surface area contributed by atoms with E-state index in [4.69, 9.17) is 15.0 Å². The van der Waals surface area contributed by atoms with Crippen molar-refractivity contribution in [3.05, 3.63) is 60.7 Å². The molecule has 35 heavy (non-hydrogen) atoms. The van der Waals surface area contributed by atoms with Crippen LogP contribution in [0.4, 0.5) is 0 Å². The van der Waals surface area contributed by atoms with Gasteiger partial charge in [-0.15, -0.1) is 34.0 Å². The fourth-order valence-corrected chi connectivity index (χ4v) is 9.86. The second-order valence-corrected chi connectivity index (χ2v) is 15.6. The summed E-state index contributed by atoms with van der Waals surface area (Å²) in [7, 11) is 3.36. The van der Waals surface area contributed by atoms with Crippen LogP contribution in [-0.4, -0.2) is 20.5 Å². The Morgan fingerprint density at radius 2 is 1.17 bits per heavy atom. The van der Waals surface area contributed by atoms with Gasteiger partial charge in [0.15, 0.2) is 13.0 Å². The average Bonchev–Trinajstić information content (AvgIpc) is 3.55. The van der Waals surface area contributed by atoms with Crippen molar-refractivity contribution in [1.29, 1.82) is 0 Å². The summed E-state index contributed by atoms with van der Waals surface area (Å²) in [6.45, 7) is 6.48. The Balaban J connectivity index is 1.31. The summed E-state index contributed by atoms with van der Waals surface area (Å²) in [6.07, 6.45) is 0. The molecule has 3 heterocycles. The fourth-order valence-electron chi connectivity index (χ4n) is 3.53. The molecule has 6 rings (SSSR count). The van der Waals surface area contributed by atoms with Crippen LogP contribution in [0.25, 0.3) is 41.8 Å². The summed E-state index contributed by atoms with van der Waals surface area (Å²) in [5.74, 6) is 0. The summed E-state index contributed by atoms with van der Waals surface area (Å²) in [5.41, 5.74) is 5.41. The smallest absolute Gasteiger partial charge is 0.166 e. The zero-order valence-corrected chi connectivity index (χ0v) is 24.0. The van der Waals surface area contributed by atoms with E-state index < -0.39 is 0 Å². The van der Waals surface area contributed by atoms with E-state index >= 15 is 0 Å². The predicted octanol–water partition coefficient (Wildman–Crippen LogP) is 9.38. The molecule has 0 fully saturated rings. The van der Waals surface area contributed by atoms with Gasteiger partial charge in [0, 0.05) is 16.7 Å². The van der Waals surface area contributed by atoms with Crippen molar-refractivity contribution >= 4 is 98.2 Å². The molecule has 176 valence electrons. The number of fused-ring (bicyclic) bond motifs is 3. The molecule has 0 unspecified atom stereocenters. The van der Waals surface area contributed by atoms with Gasteiger partial charge in [-0.25, -0.2) is 15.0 Å². The number of hydrogen-bond donors (Lipinski definition) is 1. The first-order valence-electron chi connectivity index (χ1n) is 10.9. The lowest BCUT2D eigenvalue weighted by Gasteiger charge is -2.17. The van der Waals surface area contributed by atoms with Gasteiger partial charge in [0.05, 0.1) is 30.6 Å². The van der Waals surface area contributed by atoms with Gasteiger partial charge >= 0.3 is 0 Å². The Labute approximate surface area is 227 Å². The van der Waals surface area contributed by atoms with E-state index in [-0.39, 0.29) is 5.54 Å². The van der Waals surface area contributed by atoms with Crippen molar-refractivity contribution in [3.63, 3.8) is 0 Å². The number of rotatable bonds is 6. The van der Waals surface area contributed by atoms with Crippen molar-refractivity contribution in [3.8, 4) is 11.1 Å². The standard InChI is InChI=1S/C25H20N4S6/c1-25(2,3)29-33-22-27-20-14(8-6-12-18(20)31-22)15-9-7-13-19-21(15)28-24(32-19)35-34-23-26-16-10-4-5-11-17(16)30-23/h4-13,29H,1-3H3. The lowest BCUT2D eigenvalue weighted by atomic mass is 10.0. The lowest BCUT2D eigenvalue weighted by Crippen LogP contribution is -2.29. The van der Waals surface area contributed by atoms with Crippen LogP contribution in [-0.2, 0) is 0 Å². The van der Waals surface area contributed by atoms with Gasteiger partial charge in [0.2, 0.25) is 0 Å². The molecular weight excluding hydrogens is 549 g/mol. The SMILES string of the molecule is CC(C)(C)NSc1nc2c(-c3cccc4sc(SSc5nc6ccccc6s5)nc34)cccc2s1. The normalized spacial score (nSPS) is 12.3. The maximum absolute atomic E-state index is 5.04. The van der Waals surface area contributed by atoms with Crippen molar-refractivity contribution in [2.45, 2.75) is 39.3 Å². The Morgan fingerprint density at radius 1 is 0.629 bits per heavy atom. The zero-order valence-electron chi connectivity index (χ0n) is 19.1. The number of nitrogens with one attached hydrogen (secondary N) is 1. The van der Waals surface area contributed by atoms with E-state index in [9.17, 15) is 0 Å². The fraction of sp³-hybridized carbons (Fsp3) is 0.160. The molecule has 4 nitrogen and oxygen atoms in total. The molecule has 0 amide bonds. The third kappa shape index (κ3) is 5.11. The Hall–Kier alpha value is -1.66. The Morgan fingerprint density at radius 3 is 1.83 bits per heavy atom. The molecule has 3 aromatic heterocycles. The molecule has 0 saturated carbocycles. The van der Waals surface area contributed by atoms with Gasteiger partial charge in [-0.1, -0.05) is 36.4 Å². The van der Waals surface area contributed by atoms with Crippen LogP contribution in [0.3, 0.4) is 0 Å². The first-order valence-corrected chi connectivity index (χ1v) is 16.3. The van der Waals surface area contributed by atoms with Gasteiger partial charge in [-0.05, 0) is 78.6 Å². The number of benzene rings is 3. The summed E-state index contributed by atoms with van der Waals surface area (Å²) in [5, 5.41) is 0. The quantitative estimate of drug-likeness (QED) is 0.159. The van der Waals surface area contributed by atoms with E-state index in [1.165, 1.54) is 14.1 Å². The van der Waals surface area contributed by atoms with Crippen LogP contribution in [0, 0.1) is 0 Å². The highest BCUT2D eigenvalue weighted by Crippen LogP contribution is 2.45. The monoisotopic (exact) mass is 568 g/mol. The zero-order chi connectivity index (χ0) is 24.0. The minimum atomic E-state index is 0.0228. The van der Waals surface area contributed by atoms with Gasteiger partial charge in [-0.3, -0.25) is 4.72 Å². The average molecular weight is 569 g/mol. The number of aromatic nitrogens is 3. The number of para-hydroxylation sites is 3. The summed E-state index contributed by atoms with van der Waals surface area (Å²) < 4.78 is 10.2. The van der Waals surface area contributed by atoms with Crippen LogP contribution in [0.15, 0.2) is 73.7 Å². The first-order chi connectivity index (χ1) is 16.9. The van der Waals surface area contributed by atoms with Gasteiger partial charge in [0.1, 0.15) is 0 Å². The Bertz CT molecular complexity index is 1630. The molecule has 0 spiro atoms. The largest absolute Gasteiger partial charge is 0.253 e. The highest BCUT2D eigenvalue weighted by molar-refractivity contribution is 8.77. The first kappa shape index (κ1) is 23.7. The highest BCUT2D eigenvalue weighted by atomic mass is 33.1. The molecule has 10 heteroatoms. The molecule has 0 radical (unpaired) electrons. The molecule has 0 aliphatic heterocycles. The molecule has 0 saturated heterocycles. The summed E-state index contributed by atoms with van der Waals surface area (Å²) in [4.78, 5) is 14.8. The maximum Gasteiger partial charge on any atom is 0.166 e. The van der Waals surface area contributed by atoms with Gasteiger partial charge < -0.3 is 0 Å². The highest BCUT2D eigenvalue weighted by Gasteiger charge is 2.17. The summed E-state index contributed by atoms with van der Waals surface area (Å²) in [6, 6.07) is 21.1. The molecule has 0 bridgehead atoms. The Kier molecular flexibility index (Phi) is 6.55. The minimum Gasteiger partial charge on any atom is -0.253 e. The third-order valence-corrected chi connectivity index (χ3v) is 12.3. The van der Waals surface area contributed by atoms with Crippen molar-refractivity contribution in [2.24, 2.45) is 0 Å². The van der Waals surface area contributed by atoms with Crippen LogP contribution >= 0.6 is 67.5 Å². The van der Waals surface area contributed by atoms with Gasteiger partial charge in [0.25, 0.3) is 0 Å². The molecule has 0 aliphatic carbocycles. The molecule has 0 aliphatic rings. The molecular formula is C25H20N4S6. The third-order valence-electron chi connectivity index (χ3n) is 4.99. The molecule has 0 atom stereocenters. The van der Waals surface area contributed by atoms with E-state index in [0.717, 1.165) is 40.7 Å². The van der Waals surface area contributed by atoms with Gasteiger partial charge in [-0.2, -0.15) is 0 Å². The van der Waals surface area contributed by atoms with E-state index in [0.29, 0.717) is 0 Å². The van der Waals surface area contributed by atoms with Crippen LogP contribution in [0.2, 0.25) is 0 Å².